The van der Waals surface area contributed by atoms with Crippen molar-refractivity contribution in [3.63, 3.8) is 0 Å². The van der Waals surface area contributed by atoms with Gasteiger partial charge in [-0.15, -0.1) is 0 Å². The molecular formula is C52H34N4. The molecule has 0 radical (unpaired) electrons. The van der Waals surface area contributed by atoms with Crippen molar-refractivity contribution in [2.45, 2.75) is 18.3 Å². The highest BCUT2D eigenvalue weighted by atomic mass is 15.2. The molecule has 0 saturated carbocycles. The molecule has 9 aromatic rings. The third kappa shape index (κ3) is 4.27. The van der Waals surface area contributed by atoms with E-state index in [-0.39, 0.29) is 5.41 Å². The van der Waals surface area contributed by atoms with Crippen molar-refractivity contribution in [2.75, 3.05) is 0 Å². The molecule has 56 heavy (non-hydrogen) atoms. The van der Waals surface area contributed by atoms with Crippen LogP contribution in [0.4, 0.5) is 0 Å². The van der Waals surface area contributed by atoms with Gasteiger partial charge in [-0.25, -0.2) is 4.98 Å². The van der Waals surface area contributed by atoms with Gasteiger partial charge in [0.05, 0.1) is 16.4 Å². The fourth-order valence-electron chi connectivity index (χ4n) is 9.99. The molecule has 1 spiro atoms. The fraction of sp³-hybridized carbons (Fsp3) is 0.0577. The smallest absolute Gasteiger partial charge is 0.238 e. The summed E-state index contributed by atoms with van der Waals surface area (Å²) in [6.07, 6.45) is 4.49. The van der Waals surface area contributed by atoms with Crippen LogP contribution in [0, 0.1) is 0 Å². The highest BCUT2D eigenvalue weighted by Crippen LogP contribution is 2.65. The number of allylic oxidation sites excluding steroid dienone is 4. The minimum Gasteiger partial charge on any atom is -0.278 e. The molecule has 0 unspecified atom stereocenters. The second kappa shape index (κ2) is 11.9. The minimum absolute atomic E-state index is 0.301. The molecule has 0 amide bonds. The van der Waals surface area contributed by atoms with Crippen molar-refractivity contribution in [2.24, 2.45) is 0 Å². The number of para-hydroxylation sites is 1. The van der Waals surface area contributed by atoms with Gasteiger partial charge in [-0.1, -0.05) is 164 Å². The number of rotatable bonds is 4. The Morgan fingerprint density at radius 3 is 1.64 bits per heavy atom. The second-order valence-corrected chi connectivity index (χ2v) is 15.0. The van der Waals surface area contributed by atoms with Crippen LogP contribution in [0.15, 0.2) is 188 Å². The minimum atomic E-state index is -0.301. The van der Waals surface area contributed by atoms with Crippen molar-refractivity contribution in [1.82, 2.24) is 19.5 Å². The molecular weight excluding hydrogens is 681 g/mol. The standard InChI is InChI=1S/C52H34N4/c1-3-16-33(17-4-1)49-53-50(34-18-5-2-6-19-34)55-51(54-49)56-46-29-14-10-22-39(46)41-32-35(30-31-47(41)56)36-24-15-28-45-48(36)40-23-9-13-27-44(40)52(45)42-25-11-7-20-37(42)38-21-8-12-26-43(38)52/h1-14,16-27,29-32H,15,28H2. The molecule has 0 atom stereocenters. The van der Waals surface area contributed by atoms with Crippen LogP contribution in [0.2, 0.25) is 0 Å². The van der Waals surface area contributed by atoms with E-state index in [0.717, 1.165) is 35.0 Å². The fourth-order valence-corrected chi connectivity index (χ4v) is 9.99. The average Bonchev–Trinajstić information content (AvgIpc) is 3.89. The summed E-state index contributed by atoms with van der Waals surface area (Å²) in [4.78, 5) is 15.3. The molecule has 2 heterocycles. The van der Waals surface area contributed by atoms with Crippen LogP contribution in [-0.4, -0.2) is 19.5 Å². The van der Waals surface area contributed by atoms with Gasteiger partial charge < -0.3 is 0 Å². The van der Waals surface area contributed by atoms with Gasteiger partial charge in [-0.2, -0.15) is 9.97 Å². The molecule has 0 aliphatic heterocycles. The normalized spacial score (nSPS) is 14.8. The molecule has 0 saturated heterocycles. The van der Waals surface area contributed by atoms with E-state index >= 15 is 0 Å². The van der Waals surface area contributed by atoms with Gasteiger partial charge in [0.15, 0.2) is 11.6 Å². The number of benzene rings is 7. The maximum absolute atomic E-state index is 5.15. The van der Waals surface area contributed by atoms with Gasteiger partial charge in [0.1, 0.15) is 0 Å². The Labute approximate surface area is 324 Å². The number of fused-ring (bicyclic) bond motifs is 12. The molecule has 4 heteroatoms. The Morgan fingerprint density at radius 1 is 0.446 bits per heavy atom. The van der Waals surface area contributed by atoms with Crippen LogP contribution in [0.25, 0.3) is 72.8 Å². The summed E-state index contributed by atoms with van der Waals surface area (Å²) in [7, 11) is 0. The summed E-state index contributed by atoms with van der Waals surface area (Å²) in [5.74, 6) is 1.89. The Bertz CT molecular complexity index is 3030. The molecule has 262 valence electrons. The van der Waals surface area contributed by atoms with Gasteiger partial charge in [0.25, 0.3) is 0 Å². The predicted octanol–water partition coefficient (Wildman–Crippen LogP) is 12.3. The molecule has 3 aliphatic carbocycles. The van der Waals surface area contributed by atoms with Crippen molar-refractivity contribution < 1.29 is 0 Å². The second-order valence-electron chi connectivity index (χ2n) is 15.0. The maximum atomic E-state index is 5.15. The van der Waals surface area contributed by atoms with Crippen molar-refractivity contribution in [3.05, 3.63) is 215 Å². The lowest BCUT2D eigenvalue weighted by Crippen LogP contribution is -2.27. The van der Waals surface area contributed by atoms with E-state index in [1.807, 2.05) is 36.4 Å². The largest absolute Gasteiger partial charge is 0.278 e. The number of hydrogen-bond donors (Lipinski definition) is 0. The molecule has 0 bridgehead atoms. The number of hydrogen-bond acceptors (Lipinski definition) is 3. The van der Waals surface area contributed by atoms with E-state index in [9.17, 15) is 0 Å². The summed E-state index contributed by atoms with van der Waals surface area (Å²) in [5, 5.41) is 2.34. The quantitative estimate of drug-likeness (QED) is 0.182. The lowest BCUT2D eigenvalue weighted by atomic mass is 9.67. The average molecular weight is 715 g/mol. The third-order valence-corrected chi connectivity index (χ3v) is 12.2. The Hall–Kier alpha value is -7.17. The van der Waals surface area contributed by atoms with Crippen LogP contribution >= 0.6 is 0 Å². The lowest BCUT2D eigenvalue weighted by molar-refractivity contribution is 0.715. The summed E-state index contributed by atoms with van der Waals surface area (Å²) in [5.41, 5.74) is 17.4. The Morgan fingerprint density at radius 2 is 0.982 bits per heavy atom. The molecule has 3 aliphatic rings. The van der Waals surface area contributed by atoms with Crippen molar-refractivity contribution in [1.29, 1.82) is 0 Å². The predicted molar refractivity (Wildman–Crippen MR) is 227 cm³/mol. The van der Waals surface area contributed by atoms with Crippen LogP contribution in [-0.2, 0) is 5.41 Å². The number of nitrogens with zero attached hydrogens (tertiary/aromatic N) is 4. The lowest BCUT2D eigenvalue weighted by Gasteiger charge is -2.33. The van der Waals surface area contributed by atoms with Crippen LogP contribution in [0.3, 0.4) is 0 Å². The zero-order valence-electron chi connectivity index (χ0n) is 30.5. The first-order valence-electron chi connectivity index (χ1n) is 19.4. The van der Waals surface area contributed by atoms with E-state index in [4.69, 9.17) is 15.0 Å². The highest BCUT2D eigenvalue weighted by molar-refractivity contribution is 6.15. The maximum Gasteiger partial charge on any atom is 0.238 e. The first-order chi connectivity index (χ1) is 27.8. The van der Waals surface area contributed by atoms with E-state index in [0.29, 0.717) is 17.6 Å². The van der Waals surface area contributed by atoms with Gasteiger partial charge in [0.2, 0.25) is 5.95 Å². The van der Waals surface area contributed by atoms with Crippen LogP contribution < -0.4 is 0 Å². The van der Waals surface area contributed by atoms with E-state index in [1.54, 1.807) is 0 Å². The first kappa shape index (κ1) is 31.2. The van der Waals surface area contributed by atoms with E-state index < -0.39 is 0 Å². The SMILES string of the molecule is C1=C(c2ccc3c(c2)c2ccccc2n3-c2nc(-c3ccccc3)nc(-c3ccccc3)n2)C2=C(CC1)C1(c3ccccc32)c2ccccc2-c2ccccc21. The zero-order valence-corrected chi connectivity index (χ0v) is 30.5. The van der Waals surface area contributed by atoms with E-state index in [2.05, 4.69) is 150 Å². The first-order valence-corrected chi connectivity index (χ1v) is 19.4. The van der Waals surface area contributed by atoms with Gasteiger partial charge in [-0.05, 0) is 86.7 Å². The van der Waals surface area contributed by atoms with Gasteiger partial charge in [0, 0.05) is 21.9 Å². The molecule has 12 rings (SSSR count). The number of aromatic nitrogens is 4. The molecule has 7 aromatic carbocycles. The van der Waals surface area contributed by atoms with Gasteiger partial charge >= 0.3 is 0 Å². The summed E-state index contributed by atoms with van der Waals surface area (Å²) in [6, 6.07) is 63.3. The molecule has 2 aromatic heterocycles. The van der Waals surface area contributed by atoms with Crippen molar-refractivity contribution >= 4 is 33.0 Å². The Kier molecular flexibility index (Phi) is 6.64. The topological polar surface area (TPSA) is 43.6 Å². The summed E-state index contributed by atoms with van der Waals surface area (Å²) < 4.78 is 2.21. The highest BCUT2D eigenvalue weighted by Gasteiger charge is 2.53. The summed E-state index contributed by atoms with van der Waals surface area (Å²) in [6.45, 7) is 0. The molecule has 0 N–H and O–H groups in total. The van der Waals surface area contributed by atoms with Gasteiger partial charge in [-0.3, -0.25) is 4.57 Å². The Balaban J connectivity index is 1.07. The zero-order chi connectivity index (χ0) is 36.8. The van der Waals surface area contributed by atoms with Crippen molar-refractivity contribution in [3.8, 4) is 39.9 Å². The van der Waals surface area contributed by atoms with Crippen LogP contribution in [0.5, 0.6) is 0 Å². The third-order valence-electron chi connectivity index (χ3n) is 12.2. The monoisotopic (exact) mass is 714 g/mol. The van der Waals surface area contributed by atoms with E-state index in [1.165, 1.54) is 66.4 Å². The summed E-state index contributed by atoms with van der Waals surface area (Å²) >= 11 is 0. The molecule has 4 nitrogen and oxygen atoms in total. The molecule has 0 fully saturated rings. The van der Waals surface area contributed by atoms with Crippen LogP contribution in [0.1, 0.15) is 40.7 Å².